The van der Waals surface area contributed by atoms with Crippen molar-refractivity contribution in [3.05, 3.63) is 53.3 Å². The van der Waals surface area contributed by atoms with Crippen molar-refractivity contribution in [1.82, 2.24) is 4.98 Å². The van der Waals surface area contributed by atoms with Crippen molar-refractivity contribution in [1.29, 1.82) is 0 Å². The molecule has 0 amide bonds. The standard InChI is InChI=1S/C15H18N2O2/c1-10-6-11(9-17-8-10)15(16)13-5-4-12(18-2)7-14(13)19-3/h4-9,15H,16H2,1-3H3. The largest absolute Gasteiger partial charge is 0.497 e. The minimum Gasteiger partial charge on any atom is -0.497 e. The quantitative estimate of drug-likeness (QED) is 0.915. The van der Waals surface area contributed by atoms with E-state index in [9.17, 15) is 0 Å². The number of benzene rings is 1. The Morgan fingerprint density at radius 2 is 1.89 bits per heavy atom. The van der Waals surface area contributed by atoms with E-state index < -0.39 is 0 Å². The van der Waals surface area contributed by atoms with Gasteiger partial charge in [-0.2, -0.15) is 0 Å². The molecule has 19 heavy (non-hydrogen) atoms. The van der Waals surface area contributed by atoms with Gasteiger partial charge >= 0.3 is 0 Å². The normalized spacial score (nSPS) is 12.0. The molecule has 1 unspecified atom stereocenters. The lowest BCUT2D eigenvalue weighted by atomic mass is 9.99. The summed E-state index contributed by atoms with van der Waals surface area (Å²) in [7, 11) is 3.25. The Morgan fingerprint density at radius 3 is 2.53 bits per heavy atom. The van der Waals surface area contributed by atoms with Crippen molar-refractivity contribution >= 4 is 0 Å². The SMILES string of the molecule is COc1ccc(C(N)c2cncc(C)c2)c(OC)c1. The minimum absolute atomic E-state index is 0.270. The van der Waals surface area contributed by atoms with Gasteiger partial charge in [0.05, 0.1) is 20.3 Å². The molecule has 4 heteroatoms. The van der Waals surface area contributed by atoms with E-state index in [2.05, 4.69) is 4.98 Å². The van der Waals surface area contributed by atoms with Crippen LogP contribution in [0.25, 0.3) is 0 Å². The zero-order valence-electron chi connectivity index (χ0n) is 11.4. The average molecular weight is 258 g/mol. The molecule has 4 nitrogen and oxygen atoms in total. The summed E-state index contributed by atoms with van der Waals surface area (Å²) in [5, 5.41) is 0. The summed E-state index contributed by atoms with van der Waals surface area (Å²) in [5.41, 5.74) is 9.25. The Hall–Kier alpha value is -2.07. The molecule has 0 bridgehead atoms. The summed E-state index contributed by atoms with van der Waals surface area (Å²) in [6, 6.07) is 7.39. The smallest absolute Gasteiger partial charge is 0.127 e. The molecule has 1 heterocycles. The molecule has 1 aromatic heterocycles. The summed E-state index contributed by atoms with van der Waals surface area (Å²) < 4.78 is 10.6. The van der Waals surface area contributed by atoms with E-state index in [4.69, 9.17) is 15.2 Å². The van der Waals surface area contributed by atoms with E-state index in [1.807, 2.05) is 37.4 Å². The lowest BCUT2D eigenvalue weighted by Crippen LogP contribution is -2.13. The Labute approximate surface area is 113 Å². The zero-order chi connectivity index (χ0) is 13.8. The van der Waals surface area contributed by atoms with Crippen LogP contribution in [0.3, 0.4) is 0 Å². The molecule has 0 saturated carbocycles. The molecule has 0 radical (unpaired) electrons. The van der Waals surface area contributed by atoms with Crippen LogP contribution in [0.2, 0.25) is 0 Å². The molecule has 0 aliphatic rings. The van der Waals surface area contributed by atoms with Gasteiger partial charge in [0.25, 0.3) is 0 Å². The summed E-state index contributed by atoms with van der Waals surface area (Å²) in [6.45, 7) is 1.99. The zero-order valence-corrected chi connectivity index (χ0v) is 11.4. The van der Waals surface area contributed by atoms with E-state index in [0.717, 1.165) is 22.4 Å². The number of nitrogens with two attached hydrogens (primary N) is 1. The highest BCUT2D eigenvalue weighted by Crippen LogP contribution is 2.31. The van der Waals surface area contributed by atoms with E-state index >= 15 is 0 Å². The number of aromatic nitrogens is 1. The van der Waals surface area contributed by atoms with Gasteiger partial charge in [0.15, 0.2) is 0 Å². The number of hydrogen-bond donors (Lipinski definition) is 1. The molecule has 2 aromatic rings. The van der Waals surface area contributed by atoms with Crippen LogP contribution in [0.4, 0.5) is 0 Å². The van der Waals surface area contributed by atoms with Crippen LogP contribution >= 0.6 is 0 Å². The summed E-state index contributed by atoms with van der Waals surface area (Å²) >= 11 is 0. The molecule has 2 rings (SSSR count). The van der Waals surface area contributed by atoms with Crippen molar-refractivity contribution < 1.29 is 9.47 Å². The molecule has 2 N–H and O–H groups in total. The molecule has 0 fully saturated rings. The highest BCUT2D eigenvalue weighted by atomic mass is 16.5. The highest BCUT2D eigenvalue weighted by molar-refractivity contribution is 5.45. The monoisotopic (exact) mass is 258 g/mol. The number of methoxy groups -OCH3 is 2. The Kier molecular flexibility index (Phi) is 4.02. The summed E-state index contributed by atoms with van der Waals surface area (Å²) in [4.78, 5) is 4.17. The number of hydrogen-bond acceptors (Lipinski definition) is 4. The van der Waals surface area contributed by atoms with E-state index in [1.165, 1.54) is 0 Å². The lowest BCUT2D eigenvalue weighted by Gasteiger charge is -2.17. The molecular weight excluding hydrogens is 240 g/mol. The fraction of sp³-hybridized carbons (Fsp3) is 0.267. The summed E-state index contributed by atoms with van der Waals surface area (Å²) in [6.07, 6.45) is 3.59. The minimum atomic E-state index is -0.270. The molecule has 0 spiro atoms. The van der Waals surface area contributed by atoms with Crippen LogP contribution < -0.4 is 15.2 Å². The number of pyridine rings is 1. The maximum Gasteiger partial charge on any atom is 0.127 e. The van der Waals surface area contributed by atoms with Gasteiger partial charge < -0.3 is 15.2 Å². The van der Waals surface area contributed by atoms with Gasteiger partial charge in [0.1, 0.15) is 11.5 Å². The molecule has 1 atom stereocenters. The Morgan fingerprint density at radius 1 is 1.11 bits per heavy atom. The maximum absolute atomic E-state index is 6.29. The van der Waals surface area contributed by atoms with Crippen molar-refractivity contribution in [2.75, 3.05) is 14.2 Å². The van der Waals surface area contributed by atoms with Crippen LogP contribution in [0.1, 0.15) is 22.7 Å². The predicted molar refractivity (Wildman–Crippen MR) is 74.6 cm³/mol. The number of ether oxygens (including phenoxy) is 2. The second-order valence-electron chi connectivity index (χ2n) is 4.38. The predicted octanol–water partition coefficient (Wildman–Crippen LogP) is 2.46. The van der Waals surface area contributed by atoms with Crippen molar-refractivity contribution in [2.24, 2.45) is 5.73 Å². The fourth-order valence-corrected chi connectivity index (χ4v) is 2.00. The topological polar surface area (TPSA) is 57.4 Å². The third kappa shape index (κ3) is 2.85. The second kappa shape index (κ2) is 5.71. The molecule has 1 aromatic carbocycles. The fourth-order valence-electron chi connectivity index (χ4n) is 2.00. The van der Waals surface area contributed by atoms with Crippen molar-refractivity contribution in [2.45, 2.75) is 13.0 Å². The molecule has 0 aliphatic heterocycles. The van der Waals surface area contributed by atoms with Crippen LogP contribution in [-0.2, 0) is 0 Å². The molecular formula is C15H18N2O2. The average Bonchev–Trinajstić information content (AvgIpc) is 2.45. The third-order valence-corrected chi connectivity index (χ3v) is 3.03. The van der Waals surface area contributed by atoms with Gasteiger partial charge in [-0.1, -0.05) is 6.07 Å². The van der Waals surface area contributed by atoms with Crippen molar-refractivity contribution in [3.8, 4) is 11.5 Å². The van der Waals surface area contributed by atoms with E-state index in [0.29, 0.717) is 5.75 Å². The van der Waals surface area contributed by atoms with Gasteiger partial charge in [0.2, 0.25) is 0 Å². The van der Waals surface area contributed by atoms with Gasteiger partial charge in [-0.3, -0.25) is 4.98 Å². The molecule has 100 valence electrons. The number of nitrogens with zero attached hydrogens (tertiary/aromatic N) is 1. The first-order chi connectivity index (χ1) is 9.15. The van der Waals surface area contributed by atoms with Gasteiger partial charge in [-0.05, 0) is 30.2 Å². The molecule has 0 aliphatic carbocycles. The Balaban J connectivity index is 2.40. The molecule has 0 saturated heterocycles. The first kappa shape index (κ1) is 13.4. The lowest BCUT2D eigenvalue weighted by molar-refractivity contribution is 0.390. The van der Waals surface area contributed by atoms with Crippen LogP contribution in [0.15, 0.2) is 36.7 Å². The van der Waals surface area contributed by atoms with E-state index in [-0.39, 0.29) is 6.04 Å². The second-order valence-corrected chi connectivity index (χ2v) is 4.38. The Bertz CT molecular complexity index is 570. The highest BCUT2D eigenvalue weighted by Gasteiger charge is 2.15. The van der Waals surface area contributed by atoms with Crippen LogP contribution in [0, 0.1) is 6.92 Å². The third-order valence-electron chi connectivity index (χ3n) is 3.03. The van der Waals surface area contributed by atoms with E-state index in [1.54, 1.807) is 20.4 Å². The number of aryl methyl sites for hydroxylation is 1. The van der Waals surface area contributed by atoms with Crippen LogP contribution in [-0.4, -0.2) is 19.2 Å². The first-order valence-corrected chi connectivity index (χ1v) is 6.04. The van der Waals surface area contributed by atoms with Gasteiger partial charge in [-0.15, -0.1) is 0 Å². The van der Waals surface area contributed by atoms with Crippen LogP contribution in [0.5, 0.6) is 11.5 Å². The maximum atomic E-state index is 6.29. The summed E-state index contributed by atoms with van der Waals surface area (Å²) in [5.74, 6) is 1.46. The first-order valence-electron chi connectivity index (χ1n) is 6.04. The van der Waals surface area contributed by atoms with Gasteiger partial charge in [0, 0.05) is 24.0 Å². The van der Waals surface area contributed by atoms with Gasteiger partial charge in [-0.25, -0.2) is 0 Å². The number of rotatable bonds is 4. The van der Waals surface area contributed by atoms with Crippen molar-refractivity contribution in [3.63, 3.8) is 0 Å².